The topological polar surface area (TPSA) is 197 Å². The number of aliphatic hydroxyl groups excluding tert-OH is 2. The van der Waals surface area contributed by atoms with Gasteiger partial charge < -0.3 is 72.5 Å². The first-order chi connectivity index (χ1) is 28.9. The van der Waals surface area contributed by atoms with Crippen LogP contribution in [0.1, 0.15) is 108 Å². The fraction of sp³-hybridized carbons (Fsp3) is 0.956. The molecule has 0 bridgehead atoms. The Hall–Kier alpha value is -1.58. The number of esters is 2. The second-order valence-electron chi connectivity index (χ2n) is 19.9. The van der Waals surface area contributed by atoms with Crippen LogP contribution in [0.4, 0.5) is 0 Å². The highest BCUT2D eigenvalue weighted by Gasteiger charge is 2.85. The maximum atomic E-state index is 14.7. The first-order valence-electron chi connectivity index (χ1n) is 22.8. The summed E-state index contributed by atoms with van der Waals surface area (Å²) in [6.07, 6.45) is -6.78. The summed E-state index contributed by atoms with van der Waals surface area (Å²) in [6, 6.07) is -0.474. The monoisotopic (exact) mass is 889 g/mol. The summed E-state index contributed by atoms with van der Waals surface area (Å²) in [5.74, 6) is -2.91. The van der Waals surface area contributed by atoms with E-state index in [9.17, 15) is 24.9 Å². The van der Waals surface area contributed by atoms with Crippen LogP contribution < -0.4 is 0 Å². The van der Waals surface area contributed by atoms with Gasteiger partial charge in [0.25, 0.3) is 0 Å². The third-order valence-electron chi connectivity index (χ3n) is 14.6. The van der Waals surface area contributed by atoms with Crippen LogP contribution in [0.3, 0.4) is 0 Å². The van der Waals surface area contributed by atoms with Gasteiger partial charge >= 0.3 is 11.9 Å². The normalized spacial score (nSPS) is 48.4. The van der Waals surface area contributed by atoms with Crippen LogP contribution in [0.2, 0.25) is 0 Å². The van der Waals surface area contributed by atoms with Gasteiger partial charge in [-0.25, -0.2) is 0 Å². The van der Waals surface area contributed by atoms with E-state index in [-0.39, 0.29) is 43.6 Å². The third-order valence-corrected chi connectivity index (χ3v) is 14.6. The number of nitrogens with zero attached hydrogens (tertiary/aromatic N) is 2. The minimum absolute atomic E-state index is 0.0190. The summed E-state index contributed by atoms with van der Waals surface area (Å²) in [4.78, 5) is 31.5. The van der Waals surface area contributed by atoms with E-state index in [1.54, 1.807) is 21.0 Å². The zero-order valence-corrected chi connectivity index (χ0v) is 40.0. The molecule has 0 radical (unpaired) electrons. The van der Waals surface area contributed by atoms with Gasteiger partial charge in [0.1, 0.15) is 23.9 Å². The van der Waals surface area contributed by atoms with Crippen molar-refractivity contribution in [2.45, 2.75) is 210 Å². The fourth-order valence-corrected chi connectivity index (χ4v) is 11.1. The number of likely N-dealkylation sites (N-methyl/N-ethyl adjacent to an activating group) is 2. The lowest BCUT2D eigenvalue weighted by atomic mass is 9.76. The third kappa shape index (κ3) is 10.2. The van der Waals surface area contributed by atoms with Crippen molar-refractivity contribution in [2.75, 3.05) is 48.0 Å². The van der Waals surface area contributed by atoms with Gasteiger partial charge in [0.2, 0.25) is 0 Å². The van der Waals surface area contributed by atoms with Crippen molar-refractivity contribution in [2.24, 2.45) is 17.8 Å². The lowest BCUT2D eigenvalue weighted by molar-refractivity contribution is -0.321. The summed E-state index contributed by atoms with van der Waals surface area (Å²) in [6.45, 7) is 21.1. The molecule has 3 unspecified atom stereocenters. The number of epoxide rings is 1. The molecule has 360 valence electrons. The van der Waals surface area contributed by atoms with E-state index in [0.29, 0.717) is 32.4 Å². The van der Waals surface area contributed by atoms with Crippen LogP contribution in [-0.2, 0) is 57.0 Å². The van der Waals surface area contributed by atoms with Gasteiger partial charge in [-0.3, -0.25) is 9.59 Å². The molecule has 5 aliphatic rings. The molecule has 20 atom stereocenters. The largest absolute Gasteiger partial charge is 0.459 e. The lowest BCUT2D eigenvalue weighted by Crippen LogP contribution is -2.68. The molecule has 17 heteroatoms. The number of rotatable bonds is 12. The zero-order valence-electron chi connectivity index (χ0n) is 40.0. The van der Waals surface area contributed by atoms with Crippen LogP contribution in [0.5, 0.6) is 0 Å². The first kappa shape index (κ1) is 51.4. The minimum Gasteiger partial charge on any atom is -0.459 e. The molecule has 62 heavy (non-hydrogen) atoms. The Morgan fingerprint density at radius 2 is 1.66 bits per heavy atom. The molecule has 3 N–H and O–H groups in total. The fourth-order valence-electron chi connectivity index (χ4n) is 11.1. The Labute approximate surface area is 369 Å². The number of hydrogen-bond acceptors (Lipinski definition) is 17. The van der Waals surface area contributed by atoms with Crippen molar-refractivity contribution in [1.82, 2.24) is 9.80 Å². The highest BCUT2D eigenvalue weighted by atomic mass is 16.8. The molecule has 0 aromatic rings. The molecule has 5 rings (SSSR count). The van der Waals surface area contributed by atoms with Crippen LogP contribution >= 0.6 is 0 Å². The average molecular weight is 889 g/mol. The predicted octanol–water partition coefficient (Wildman–Crippen LogP) is 3.01. The first-order valence-corrected chi connectivity index (χ1v) is 22.8. The molecule has 5 saturated heterocycles. The molecule has 0 aliphatic carbocycles. The average Bonchev–Trinajstić information content (AvgIpc) is 3.86. The summed E-state index contributed by atoms with van der Waals surface area (Å²) in [7, 11) is 7.40. The van der Waals surface area contributed by atoms with Gasteiger partial charge in [-0.05, 0) is 101 Å². The lowest BCUT2D eigenvalue weighted by Gasteiger charge is -2.50. The molecule has 0 aromatic carbocycles. The van der Waals surface area contributed by atoms with E-state index >= 15 is 0 Å². The van der Waals surface area contributed by atoms with Gasteiger partial charge in [-0.2, -0.15) is 0 Å². The van der Waals surface area contributed by atoms with E-state index < -0.39 is 108 Å². The number of cyclic esters (lactones) is 1. The van der Waals surface area contributed by atoms with E-state index in [1.165, 1.54) is 6.92 Å². The summed E-state index contributed by atoms with van der Waals surface area (Å²) in [5.41, 5.74) is -4.57. The van der Waals surface area contributed by atoms with Crippen LogP contribution in [0.25, 0.3) is 0 Å². The van der Waals surface area contributed by atoms with Crippen molar-refractivity contribution in [3.63, 3.8) is 0 Å². The number of hydrogen-bond donors (Lipinski definition) is 3. The maximum Gasteiger partial charge on any atom is 0.311 e. The molecule has 1 spiro atoms. The van der Waals surface area contributed by atoms with Gasteiger partial charge in [-0.1, -0.05) is 20.8 Å². The van der Waals surface area contributed by atoms with Crippen molar-refractivity contribution >= 4 is 11.9 Å². The summed E-state index contributed by atoms with van der Waals surface area (Å²) in [5, 5.41) is 33.4. The van der Waals surface area contributed by atoms with Gasteiger partial charge in [0, 0.05) is 52.2 Å². The van der Waals surface area contributed by atoms with Gasteiger partial charge in [0.05, 0.1) is 47.6 Å². The second kappa shape index (κ2) is 20.1. The second-order valence-corrected chi connectivity index (χ2v) is 19.9. The number of ether oxygens (including phenoxy) is 10. The number of methoxy groups -OCH3 is 1. The predicted molar refractivity (Wildman–Crippen MR) is 226 cm³/mol. The van der Waals surface area contributed by atoms with Crippen molar-refractivity contribution in [3.8, 4) is 0 Å². The number of aliphatic hydroxyl groups is 3. The molecule has 5 heterocycles. The molecule has 0 amide bonds. The zero-order chi connectivity index (χ0) is 46.3. The Morgan fingerprint density at radius 1 is 0.984 bits per heavy atom. The highest BCUT2D eigenvalue weighted by molar-refractivity contribution is 5.73. The van der Waals surface area contributed by atoms with Crippen LogP contribution in [0.15, 0.2) is 0 Å². The Bertz CT molecular complexity index is 1510. The molecule has 0 aromatic heterocycles. The molecule has 5 aliphatic heterocycles. The van der Waals surface area contributed by atoms with E-state index in [0.717, 1.165) is 0 Å². The smallest absolute Gasteiger partial charge is 0.311 e. The van der Waals surface area contributed by atoms with Crippen LogP contribution in [0, 0.1) is 17.8 Å². The maximum absolute atomic E-state index is 14.7. The van der Waals surface area contributed by atoms with Crippen molar-refractivity contribution < 1.29 is 72.3 Å². The molecular weight excluding hydrogens is 808 g/mol. The van der Waals surface area contributed by atoms with Gasteiger partial charge in [0.15, 0.2) is 30.6 Å². The van der Waals surface area contributed by atoms with Crippen molar-refractivity contribution in [3.05, 3.63) is 0 Å². The molecule has 17 nitrogen and oxygen atoms in total. The Morgan fingerprint density at radius 3 is 2.24 bits per heavy atom. The quantitative estimate of drug-likeness (QED) is 0.147. The highest BCUT2D eigenvalue weighted by Crippen LogP contribution is 2.63. The standard InChI is InChI=1S/C45H80N2O15/c1-16-32-44(11)45(62-44)37(61-41(45)51)28(6)47(14)23-24(2)21-42(9,52)36(60-40-35(57-30(8)49)31(46(12)13)20-25(3)55-40)26(4)34(27(5)39(50)58-32)59-33-22-43(10,53-15)38(29(7)56-33)54-19-17-18-48/h24-29,31-38,40-41,48,51-52H,16-23H2,1-15H3/t24-,25-,26+,27-,28+,29+,31+,32-,33?,34+,35-,36-,37?,38+,40+,41-,42-,43-,44-,45?/m1/s1. The Kier molecular flexibility index (Phi) is 16.7. The summed E-state index contributed by atoms with van der Waals surface area (Å²) >= 11 is 0. The molecule has 5 fully saturated rings. The van der Waals surface area contributed by atoms with Gasteiger partial charge in [-0.15, -0.1) is 0 Å². The Balaban J connectivity index is 1.59. The van der Waals surface area contributed by atoms with E-state index in [2.05, 4.69) is 11.8 Å². The summed E-state index contributed by atoms with van der Waals surface area (Å²) < 4.78 is 64.0. The molecule has 0 saturated carbocycles. The van der Waals surface area contributed by atoms with E-state index in [4.69, 9.17) is 47.4 Å². The minimum atomic E-state index is -1.58. The number of carbonyl (C=O) groups is 2. The van der Waals surface area contributed by atoms with Crippen LogP contribution in [-0.4, -0.2) is 187 Å². The van der Waals surface area contributed by atoms with E-state index in [1.807, 2.05) is 74.5 Å². The van der Waals surface area contributed by atoms with Crippen molar-refractivity contribution in [1.29, 1.82) is 0 Å². The SMILES string of the molecule is CC[C@H]1OC(=O)[C@H](C)[C@@H](OC2C[C@@](C)(OC)[C@@H](OCCCO)[C@H](C)O2)[C@H](C)[C@@H](O[C@@H]2O[C@H](C)C[C@H](N(C)C)[C@H]2OC(C)=O)[C@](C)(O)C[C@@H](C)CN(C)[C@@H](C)C2O[C@@H](O)C23O[C@]13C. The number of carbonyl (C=O) groups excluding carboxylic acids is 2. The molecular formula is C45H80N2O15.